The minimum absolute atomic E-state index is 0.172. The lowest BCUT2D eigenvalue weighted by Crippen LogP contribution is -2.25. The SMILES string of the molecule is C=CCOC(=O)c1ccc2c(c1)c(C)c(C)n2Cc1ccc(Cl)c(OC(C)C(=O)OC)c1. The topological polar surface area (TPSA) is 66.8 Å². The third-order valence-corrected chi connectivity index (χ3v) is 5.69. The molecule has 0 saturated carbocycles. The maximum absolute atomic E-state index is 12.2. The van der Waals surface area contributed by atoms with Gasteiger partial charge >= 0.3 is 11.9 Å². The second-order valence-electron chi connectivity index (χ2n) is 7.46. The number of halogens is 1. The number of fused-ring (bicyclic) bond motifs is 1. The molecular weight excluding hydrogens is 430 g/mol. The molecule has 168 valence electrons. The van der Waals surface area contributed by atoms with Gasteiger partial charge in [0, 0.05) is 23.1 Å². The number of carbonyl (C=O) groups excluding carboxylic acids is 2. The monoisotopic (exact) mass is 455 g/mol. The molecule has 1 aromatic heterocycles. The Morgan fingerprint density at radius 3 is 2.62 bits per heavy atom. The van der Waals surface area contributed by atoms with Gasteiger partial charge in [0.25, 0.3) is 0 Å². The summed E-state index contributed by atoms with van der Waals surface area (Å²) in [5, 5.41) is 1.40. The molecule has 0 spiro atoms. The van der Waals surface area contributed by atoms with Crippen molar-refractivity contribution in [2.24, 2.45) is 0 Å². The van der Waals surface area contributed by atoms with Crippen LogP contribution in [0.25, 0.3) is 10.9 Å². The third kappa shape index (κ3) is 4.81. The molecule has 32 heavy (non-hydrogen) atoms. The molecule has 0 radical (unpaired) electrons. The van der Waals surface area contributed by atoms with Crippen LogP contribution in [-0.4, -0.2) is 36.3 Å². The van der Waals surface area contributed by atoms with Crippen molar-refractivity contribution in [2.45, 2.75) is 33.4 Å². The fourth-order valence-electron chi connectivity index (χ4n) is 3.52. The summed E-state index contributed by atoms with van der Waals surface area (Å²) >= 11 is 6.27. The van der Waals surface area contributed by atoms with Gasteiger partial charge in [-0.1, -0.05) is 30.3 Å². The highest BCUT2D eigenvalue weighted by molar-refractivity contribution is 6.32. The number of benzene rings is 2. The van der Waals surface area contributed by atoms with E-state index in [-0.39, 0.29) is 12.6 Å². The van der Waals surface area contributed by atoms with Gasteiger partial charge in [-0.3, -0.25) is 0 Å². The third-order valence-electron chi connectivity index (χ3n) is 5.38. The number of hydrogen-bond acceptors (Lipinski definition) is 5. The first-order valence-corrected chi connectivity index (χ1v) is 10.5. The average Bonchev–Trinajstić information content (AvgIpc) is 3.03. The minimum Gasteiger partial charge on any atom is -0.477 e. The highest BCUT2D eigenvalue weighted by atomic mass is 35.5. The maximum atomic E-state index is 12.2. The number of nitrogens with zero attached hydrogens (tertiary/aromatic N) is 1. The number of esters is 2. The van der Waals surface area contributed by atoms with Gasteiger partial charge in [0.15, 0.2) is 6.10 Å². The largest absolute Gasteiger partial charge is 0.477 e. The second-order valence-corrected chi connectivity index (χ2v) is 7.87. The first-order valence-electron chi connectivity index (χ1n) is 10.2. The summed E-state index contributed by atoms with van der Waals surface area (Å²) in [5.41, 5.74) is 4.62. The zero-order valence-electron chi connectivity index (χ0n) is 18.6. The van der Waals surface area contributed by atoms with Crippen molar-refractivity contribution in [1.82, 2.24) is 4.57 Å². The van der Waals surface area contributed by atoms with Crippen LogP contribution < -0.4 is 4.74 Å². The standard InChI is InChI=1S/C25H26ClNO5/c1-6-11-31-25(29)19-8-10-22-20(13-19)15(2)16(3)27(22)14-18-7-9-21(26)23(12-18)32-17(4)24(28)30-5/h6-10,12-13,17H,1,11,14H2,2-5H3. The highest BCUT2D eigenvalue weighted by Crippen LogP contribution is 2.30. The van der Waals surface area contributed by atoms with Crippen LogP contribution in [0.3, 0.4) is 0 Å². The summed E-state index contributed by atoms with van der Waals surface area (Å²) in [6, 6.07) is 11.0. The predicted molar refractivity (Wildman–Crippen MR) is 125 cm³/mol. The van der Waals surface area contributed by atoms with Gasteiger partial charge in [-0.25, -0.2) is 9.59 Å². The average molecular weight is 456 g/mol. The van der Waals surface area contributed by atoms with E-state index in [2.05, 4.69) is 11.1 Å². The van der Waals surface area contributed by atoms with Crippen molar-refractivity contribution in [1.29, 1.82) is 0 Å². The Bertz CT molecular complexity index is 1180. The lowest BCUT2D eigenvalue weighted by molar-refractivity contribution is -0.147. The summed E-state index contributed by atoms with van der Waals surface area (Å²) in [5.74, 6) is -0.437. The number of hydrogen-bond donors (Lipinski definition) is 0. The van der Waals surface area contributed by atoms with E-state index in [1.807, 2.05) is 38.1 Å². The van der Waals surface area contributed by atoms with E-state index in [0.717, 1.165) is 27.7 Å². The molecule has 1 heterocycles. The summed E-state index contributed by atoms with van der Waals surface area (Å²) in [4.78, 5) is 23.9. The number of ether oxygens (including phenoxy) is 3. The quantitative estimate of drug-likeness (QED) is 0.343. The molecule has 0 bridgehead atoms. The number of methoxy groups -OCH3 is 1. The van der Waals surface area contributed by atoms with Crippen LogP contribution >= 0.6 is 11.6 Å². The molecule has 2 aromatic carbocycles. The lowest BCUT2D eigenvalue weighted by Gasteiger charge is -2.15. The van der Waals surface area contributed by atoms with E-state index in [9.17, 15) is 9.59 Å². The van der Waals surface area contributed by atoms with E-state index in [1.165, 1.54) is 7.11 Å². The van der Waals surface area contributed by atoms with Crippen molar-refractivity contribution in [3.8, 4) is 5.75 Å². The number of rotatable bonds is 8. The van der Waals surface area contributed by atoms with Gasteiger partial charge in [0.1, 0.15) is 12.4 Å². The van der Waals surface area contributed by atoms with E-state index < -0.39 is 12.1 Å². The van der Waals surface area contributed by atoms with Crippen molar-refractivity contribution in [3.05, 3.63) is 76.5 Å². The molecular formula is C25H26ClNO5. The Morgan fingerprint density at radius 2 is 1.94 bits per heavy atom. The van der Waals surface area contributed by atoms with Gasteiger partial charge in [-0.05, 0) is 62.2 Å². The van der Waals surface area contributed by atoms with Crippen LogP contribution in [0.1, 0.15) is 34.1 Å². The zero-order chi connectivity index (χ0) is 23.4. The smallest absolute Gasteiger partial charge is 0.346 e. The van der Waals surface area contributed by atoms with Crippen LogP contribution in [0.4, 0.5) is 0 Å². The van der Waals surface area contributed by atoms with Crippen LogP contribution in [0.2, 0.25) is 5.02 Å². The highest BCUT2D eigenvalue weighted by Gasteiger charge is 2.18. The molecule has 1 atom stereocenters. The van der Waals surface area contributed by atoms with Crippen LogP contribution in [-0.2, 0) is 20.8 Å². The Labute approximate surface area is 192 Å². The van der Waals surface area contributed by atoms with Crippen molar-refractivity contribution >= 4 is 34.4 Å². The minimum atomic E-state index is -0.775. The summed E-state index contributed by atoms with van der Waals surface area (Å²) in [6.07, 6.45) is 0.765. The molecule has 6 nitrogen and oxygen atoms in total. The van der Waals surface area contributed by atoms with Crippen LogP contribution in [0.15, 0.2) is 49.1 Å². The van der Waals surface area contributed by atoms with Gasteiger partial charge in [0.2, 0.25) is 0 Å². The number of carbonyl (C=O) groups is 2. The molecule has 0 aliphatic rings. The fraction of sp³-hybridized carbons (Fsp3) is 0.280. The van der Waals surface area contributed by atoms with Gasteiger partial charge in [-0.15, -0.1) is 0 Å². The van der Waals surface area contributed by atoms with Gasteiger partial charge < -0.3 is 18.8 Å². The van der Waals surface area contributed by atoms with E-state index in [0.29, 0.717) is 22.9 Å². The van der Waals surface area contributed by atoms with Crippen molar-refractivity contribution < 1.29 is 23.8 Å². The van der Waals surface area contributed by atoms with Gasteiger partial charge in [-0.2, -0.15) is 0 Å². The first-order chi connectivity index (χ1) is 15.3. The molecule has 0 N–H and O–H groups in total. The lowest BCUT2D eigenvalue weighted by atomic mass is 10.1. The molecule has 3 aromatic rings. The van der Waals surface area contributed by atoms with E-state index in [1.54, 1.807) is 25.1 Å². The molecule has 7 heteroatoms. The zero-order valence-corrected chi connectivity index (χ0v) is 19.4. The second kappa shape index (κ2) is 9.92. The summed E-state index contributed by atoms with van der Waals surface area (Å²) < 4.78 is 17.7. The van der Waals surface area contributed by atoms with Crippen LogP contribution in [0.5, 0.6) is 5.75 Å². The van der Waals surface area contributed by atoms with Crippen LogP contribution in [0, 0.1) is 13.8 Å². The molecule has 0 saturated heterocycles. The van der Waals surface area contributed by atoms with Gasteiger partial charge in [0.05, 0.1) is 17.7 Å². The summed E-state index contributed by atoms with van der Waals surface area (Å²) in [7, 11) is 1.31. The number of aromatic nitrogens is 1. The van der Waals surface area contributed by atoms with Crippen molar-refractivity contribution in [2.75, 3.05) is 13.7 Å². The number of aryl methyl sites for hydroxylation is 1. The normalized spacial score (nSPS) is 11.8. The molecule has 0 amide bonds. The Morgan fingerprint density at radius 1 is 1.19 bits per heavy atom. The fourth-order valence-corrected chi connectivity index (χ4v) is 3.68. The molecule has 0 aliphatic heterocycles. The molecule has 1 unspecified atom stereocenters. The van der Waals surface area contributed by atoms with E-state index >= 15 is 0 Å². The molecule has 0 aliphatic carbocycles. The molecule has 3 rings (SSSR count). The Balaban J connectivity index is 1.93. The molecule has 0 fully saturated rings. The first kappa shape index (κ1) is 23.4. The van der Waals surface area contributed by atoms with E-state index in [4.69, 9.17) is 25.8 Å². The maximum Gasteiger partial charge on any atom is 0.346 e. The summed E-state index contributed by atoms with van der Waals surface area (Å²) in [6.45, 7) is 9.98. The Hall–Kier alpha value is -3.25. The Kier molecular flexibility index (Phi) is 7.26. The van der Waals surface area contributed by atoms with Crippen molar-refractivity contribution in [3.63, 3.8) is 0 Å². The predicted octanol–water partition coefficient (Wildman–Crippen LogP) is 5.24.